The van der Waals surface area contributed by atoms with Crippen LogP contribution in [0.3, 0.4) is 0 Å². The van der Waals surface area contributed by atoms with E-state index in [1.165, 1.54) is 0 Å². The van der Waals surface area contributed by atoms with Gasteiger partial charge in [-0.15, -0.1) is 0 Å². The molecule has 0 aromatic heterocycles. The molecule has 0 aliphatic carbocycles. The van der Waals surface area contributed by atoms with E-state index < -0.39 is 0 Å². The molecule has 0 aliphatic rings. The van der Waals surface area contributed by atoms with Crippen molar-refractivity contribution in [1.82, 2.24) is 5.32 Å². The first kappa shape index (κ1) is 12.6. The minimum atomic E-state index is 0.833. The Balaban J connectivity index is 2.86. The molecular weight excluding hydrogens is 202 g/mol. The Hall–Kier alpha value is -1.48. The molecule has 0 saturated carbocycles. The molecule has 0 saturated heterocycles. The summed E-state index contributed by atoms with van der Waals surface area (Å²) in [5.74, 6) is 1.67. The van der Waals surface area contributed by atoms with E-state index in [9.17, 15) is 0 Å². The molecule has 88 valence electrons. The monoisotopic (exact) mass is 221 g/mol. The normalized spacial score (nSPS) is 10.7. The van der Waals surface area contributed by atoms with E-state index >= 15 is 0 Å². The number of hydrogen-bond donors (Lipinski definition) is 1. The minimum Gasteiger partial charge on any atom is -0.496 e. The first-order valence-electron chi connectivity index (χ1n) is 5.35. The van der Waals surface area contributed by atoms with Gasteiger partial charge in [-0.2, -0.15) is 0 Å². The Kier molecular flexibility index (Phi) is 5.43. The van der Waals surface area contributed by atoms with Crippen LogP contribution in [0.15, 0.2) is 24.3 Å². The summed E-state index contributed by atoms with van der Waals surface area (Å²) in [4.78, 5) is 0. The topological polar surface area (TPSA) is 30.5 Å². The molecule has 0 atom stereocenters. The van der Waals surface area contributed by atoms with Gasteiger partial charge in [0.2, 0.25) is 0 Å². The van der Waals surface area contributed by atoms with Gasteiger partial charge in [-0.05, 0) is 32.1 Å². The third kappa shape index (κ3) is 3.28. The zero-order chi connectivity index (χ0) is 11.8. The standard InChI is InChI=1S/C13H19NO2/c1-14-10-5-4-7-11-12(15-2)8-6-9-13(11)16-3/h4,6-9,14H,5,10H2,1-3H3/b7-4+. The number of methoxy groups -OCH3 is 2. The average Bonchev–Trinajstić information content (AvgIpc) is 2.34. The molecule has 0 amide bonds. The van der Waals surface area contributed by atoms with Gasteiger partial charge in [-0.25, -0.2) is 0 Å². The van der Waals surface area contributed by atoms with Crippen LogP contribution < -0.4 is 14.8 Å². The Morgan fingerprint density at radius 2 is 1.81 bits per heavy atom. The van der Waals surface area contributed by atoms with E-state index in [0.29, 0.717) is 0 Å². The van der Waals surface area contributed by atoms with Gasteiger partial charge >= 0.3 is 0 Å². The highest BCUT2D eigenvalue weighted by Gasteiger charge is 2.05. The lowest BCUT2D eigenvalue weighted by atomic mass is 10.1. The van der Waals surface area contributed by atoms with Crippen LogP contribution in [0.5, 0.6) is 11.5 Å². The maximum absolute atomic E-state index is 5.30. The highest BCUT2D eigenvalue weighted by Crippen LogP contribution is 2.29. The first-order valence-corrected chi connectivity index (χ1v) is 5.35. The molecule has 3 nitrogen and oxygen atoms in total. The van der Waals surface area contributed by atoms with Crippen LogP contribution in [0.2, 0.25) is 0 Å². The quantitative estimate of drug-likeness (QED) is 0.748. The van der Waals surface area contributed by atoms with Crippen molar-refractivity contribution >= 4 is 6.08 Å². The van der Waals surface area contributed by atoms with Crippen LogP contribution in [0.25, 0.3) is 6.08 Å². The summed E-state index contributed by atoms with van der Waals surface area (Å²) in [7, 11) is 5.27. The molecule has 16 heavy (non-hydrogen) atoms. The maximum atomic E-state index is 5.30. The molecule has 0 spiro atoms. The van der Waals surface area contributed by atoms with Crippen LogP contribution in [0.1, 0.15) is 12.0 Å². The fraction of sp³-hybridized carbons (Fsp3) is 0.385. The largest absolute Gasteiger partial charge is 0.496 e. The molecular formula is C13H19NO2. The molecule has 1 rings (SSSR count). The summed E-state index contributed by atoms with van der Waals surface area (Å²) in [6.45, 7) is 0.966. The van der Waals surface area contributed by atoms with Crippen LogP contribution in [0, 0.1) is 0 Å². The molecule has 1 N–H and O–H groups in total. The molecule has 1 aromatic rings. The number of hydrogen-bond acceptors (Lipinski definition) is 3. The summed E-state index contributed by atoms with van der Waals surface area (Å²) in [6, 6.07) is 5.78. The fourth-order valence-electron chi connectivity index (χ4n) is 1.47. The SMILES string of the molecule is CNCC/C=C/c1c(OC)cccc1OC. The Labute approximate surface area is 97.1 Å². The molecule has 3 heteroatoms. The van der Waals surface area contributed by atoms with Gasteiger partial charge in [-0.1, -0.05) is 18.2 Å². The third-order valence-corrected chi connectivity index (χ3v) is 2.31. The van der Waals surface area contributed by atoms with Gasteiger partial charge in [0.1, 0.15) is 11.5 Å². The lowest BCUT2D eigenvalue weighted by Crippen LogP contribution is -2.05. The molecule has 0 bridgehead atoms. The summed E-state index contributed by atoms with van der Waals surface area (Å²) in [5.41, 5.74) is 0.989. The van der Waals surface area contributed by atoms with E-state index in [2.05, 4.69) is 11.4 Å². The second-order valence-corrected chi connectivity index (χ2v) is 3.37. The van der Waals surface area contributed by atoms with E-state index in [1.54, 1.807) is 14.2 Å². The first-order chi connectivity index (χ1) is 7.83. The molecule has 0 aliphatic heterocycles. The molecule has 0 radical (unpaired) electrons. The molecule has 1 aromatic carbocycles. The van der Waals surface area contributed by atoms with E-state index in [1.807, 2.05) is 31.3 Å². The predicted molar refractivity (Wildman–Crippen MR) is 67.1 cm³/mol. The van der Waals surface area contributed by atoms with Crippen LogP contribution in [-0.2, 0) is 0 Å². The molecule has 0 unspecified atom stereocenters. The zero-order valence-corrected chi connectivity index (χ0v) is 10.1. The van der Waals surface area contributed by atoms with Crippen molar-refractivity contribution in [2.24, 2.45) is 0 Å². The smallest absolute Gasteiger partial charge is 0.129 e. The number of ether oxygens (including phenoxy) is 2. The Morgan fingerprint density at radius 1 is 1.19 bits per heavy atom. The van der Waals surface area contributed by atoms with Crippen molar-refractivity contribution in [2.75, 3.05) is 27.8 Å². The van der Waals surface area contributed by atoms with Crippen LogP contribution in [0.4, 0.5) is 0 Å². The molecule has 0 heterocycles. The van der Waals surface area contributed by atoms with E-state index in [4.69, 9.17) is 9.47 Å². The van der Waals surface area contributed by atoms with Crippen molar-refractivity contribution in [1.29, 1.82) is 0 Å². The number of rotatable bonds is 6. The third-order valence-electron chi connectivity index (χ3n) is 2.31. The minimum absolute atomic E-state index is 0.833. The van der Waals surface area contributed by atoms with Crippen LogP contribution >= 0.6 is 0 Å². The summed E-state index contributed by atoms with van der Waals surface area (Å²) in [5, 5.41) is 3.10. The predicted octanol–water partition coefficient (Wildman–Crippen LogP) is 2.33. The highest BCUT2D eigenvalue weighted by molar-refractivity contribution is 5.64. The second kappa shape index (κ2) is 6.90. The maximum Gasteiger partial charge on any atom is 0.129 e. The van der Waals surface area contributed by atoms with Crippen LogP contribution in [-0.4, -0.2) is 27.8 Å². The van der Waals surface area contributed by atoms with Crippen molar-refractivity contribution in [3.05, 3.63) is 29.8 Å². The highest BCUT2D eigenvalue weighted by atomic mass is 16.5. The van der Waals surface area contributed by atoms with Gasteiger partial charge in [0.05, 0.1) is 19.8 Å². The number of benzene rings is 1. The molecule has 0 fully saturated rings. The Bertz CT molecular complexity index is 326. The number of nitrogens with one attached hydrogen (secondary N) is 1. The van der Waals surface area contributed by atoms with Gasteiger partial charge in [-0.3, -0.25) is 0 Å². The van der Waals surface area contributed by atoms with Crippen molar-refractivity contribution < 1.29 is 9.47 Å². The van der Waals surface area contributed by atoms with E-state index in [0.717, 1.165) is 30.0 Å². The summed E-state index contributed by atoms with van der Waals surface area (Å²) >= 11 is 0. The lowest BCUT2D eigenvalue weighted by molar-refractivity contribution is 0.392. The van der Waals surface area contributed by atoms with E-state index in [-0.39, 0.29) is 0 Å². The summed E-state index contributed by atoms with van der Waals surface area (Å²) < 4.78 is 10.6. The van der Waals surface area contributed by atoms with Gasteiger partial charge in [0.15, 0.2) is 0 Å². The zero-order valence-electron chi connectivity index (χ0n) is 10.1. The van der Waals surface area contributed by atoms with Gasteiger partial charge in [0, 0.05) is 0 Å². The second-order valence-electron chi connectivity index (χ2n) is 3.37. The summed E-state index contributed by atoms with van der Waals surface area (Å²) in [6.07, 6.45) is 5.13. The van der Waals surface area contributed by atoms with Crippen molar-refractivity contribution in [3.8, 4) is 11.5 Å². The fourth-order valence-corrected chi connectivity index (χ4v) is 1.47. The average molecular weight is 221 g/mol. The van der Waals surface area contributed by atoms with Crippen molar-refractivity contribution in [2.45, 2.75) is 6.42 Å². The lowest BCUT2D eigenvalue weighted by Gasteiger charge is -2.09. The van der Waals surface area contributed by atoms with Gasteiger partial charge < -0.3 is 14.8 Å². The Morgan fingerprint density at radius 3 is 2.31 bits per heavy atom. The van der Waals surface area contributed by atoms with Gasteiger partial charge in [0.25, 0.3) is 0 Å². The van der Waals surface area contributed by atoms with Crippen molar-refractivity contribution in [3.63, 3.8) is 0 Å².